The van der Waals surface area contributed by atoms with Crippen molar-refractivity contribution in [1.82, 2.24) is 9.55 Å². The fourth-order valence-electron chi connectivity index (χ4n) is 2.29. The molecule has 3 rings (SSSR count). The number of hydrogen-bond acceptors (Lipinski definition) is 1. The summed E-state index contributed by atoms with van der Waals surface area (Å²) in [6.45, 7) is 4.50. The largest absolute Gasteiger partial charge is 0.321 e. The summed E-state index contributed by atoms with van der Waals surface area (Å²) in [5.41, 5.74) is 2.97. The lowest BCUT2D eigenvalue weighted by molar-refractivity contribution is 0.628. The van der Waals surface area contributed by atoms with Gasteiger partial charge in [-0.05, 0) is 35.9 Å². The molecule has 0 spiro atoms. The molecule has 0 aliphatic carbocycles. The average molecular weight is 278 g/mol. The number of imidazole rings is 1. The van der Waals surface area contributed by atoms with Crippen molar-refractivity contribution in [2.75, 3.05) is 0 Å². The summed E-state index contributed by atoms with van der Waals surface area (Å²) in [6.07, 6.45) is 5.72. The Morgan fingerprint density at radius 3 is 2.57 bits per heavy atom. The highest BCUT2D eigenvalue weighted by atomic mass is 19.1. The van der Waals surface area contributed by atoms with Crippen LogP contribution in [0.4, 0.5) is 4.39 Å². The van der Waals surface area contributed by atoms with Crippen LogP contribution in [0.2, 0.25) is 0 Å². The van der Waals surface area contributed by atoms with Gasteiger partial charge in [0, 0.05) is 6.54 Å². The van der Waals surface area contributed by atoms with Gasteiger partial charge in [0.05, 0.1) is 11.0 Å². The third kappa shape index (κ3) is 2.77. The lowest BCUT2D eigenvalue weighted by Crippen LogP contribution is -1.97. The maximum atomic E-state index is 12.9. The highest BCUT2D eigenvalue weighted by molar-refractivity contribution is 5.79. The molecule has 0 aliphatic rings. The van der Waals surface area contributed by atoms with Crippen molar-refractivity contribution < 1.29 is 4.39 Å². The van der Waals surface area contributed by atoms with Gasteiger partial charge in [-0.25, -0.2) is 9.37 Å². The van der Waals surface area contributed by atoms with E-state index in [-0.39, 0.29) is 5.82 Å². The first-order valence-electron chi connectivity index (χ1n) is 6.78. The summed E-state index contributed by atoms with van der Waals surface area (Å²) < 4.78 is 15.0. The molecule has 1 heterocycles. The quantitative estimate of drug-likeness (QED) is 0.641. The number of fused-ring (bicyclic) bond motifs is 1. The van der Waals surface area contributed by atoms with E-state index in [1.165, 1.54) is 12.1 Å². The van der Waals surface area contributed by atoms with Gasteiger partial charge in [-0.2, -0.15) is 0 Å². The van der Waals surface area contributed by atoms with Gasteiger partial charge in [0.15, 0.2) is 0 Å². The molecule has 0 fully saturated rings. The Morgan fingerprint density at radius 1 is 1.05 bits per heavy atom. The third-order valence-corrected chi connectivity index (χ3v) is 3.29. The Hall–Kier alpha value is -2.68. The van der Waals surface area contributed by atoms with Crippen LogP contribution in [0.3, 0.4) is 0 Å². The van der Waals surface area contributed by atoms with Gasteiger partial charge in [0.2, 0.25) is 0 Å². The van der Waals surface area contributed by atoms with Crippen LogP contribution in [-0.4, -0.2) is 9.55 Å². The van der Waals surface area contributed by atoms with E-state index in [4.69, 9.17) is 0 Å². The second-order valence-corrected chi connectivity index (χ2v) is 4.74. The number of rotatable bonds is 4. The van der Waals surface area contributed by atoms with Crippen LogP contribution in [0.15, 0.2) is 61.2 Å². The molecule has 3 heteroatoms. The molecule has 2 nitrogen and oxygen atoms in total. The first-order valence-corrected chi connectivity index (χ1v) is 6.78. The minimum Gasteiger partial charge on any atom is -0.321 e. The summed E-state index contributed by atoms with van der Waals surface area (Å²) in [5.74, 6) is 0.631. The molecule has 2 aromatic carbocycles. The molecule has 0 saturated carbocycles. The van der Waals surface area contributed by atoms with Crippen LogP contribution >= 0.6 is 0 Å². The molecule has 3 aromatic rings. The number of hydrogen-bond donors (Lipinski definition) is 0. The van der Waals surface area contributed by atoms with Gasteiger partial charge in [-0.1, -0.05) is 36.4 Å². The monoisotopic (exact) mass is 278 g/mol. The normalized spacial score (nSPS) is 11.3. The number of benzene rings is 2. The van der Waals surface area contributed by atoms with Crippen LogP contribution in [0.1, 0.15) is 11.4 Å². The molecule has 0 amide bonds. The Bertz CT molecular complexity index is 798. The Morgan fingerprint density at radius 2 is 1.81 bits per heavy atom. The number of aromatic nitrogens is 2. The molecule has 0 N–H and O–H groups in total. The molecular weight excluding hydrogens is 263 g/mol. The second-order valence-electron chi connectivity index (χ2n) is 4.74. The zero-order chi connectivity index (χ0) is 14.7. The van der Waals surface area contributed by atoms with Crippen LogP contribution < -0.4 is 0 Å². The van der Waals surface area contributed by atoms with Gasteiger partial charge in [0.25, 0.3) is 0 Å². The second kappa shape index (κ2) is 5.75. The fourth-order valence-corrected chi connectivity index (χ4v) is 2.29. The van der Waals surface area contributed by atoms with Crippen molar-refractivity contribution in [1.29, 1.82) is 0 Å². The van der Waals surface area contributed by atoms with E-state index in [2.05, 4.69) is 16.1 Å². The minimum atomic E-state index is -0.231. The van der Waals surface area contributed by atoms with Crippen LogP contribution in [0, 0.1) is 5.82 Å². The van der Waals surface area contributed by atoms with E-state index in [1.807, 2.05) is 42.5 Å². The SMILES string of the molecule is C=CCn1c(C=Cc2ccc(F)cc2)nc2ccccc21. The zero-order valence-corrected chi connectivity index (χ0v) is 11.5. The molecule has 0 saturated heterocycles. The van der Waals surface area contributed by atoms with Crippen LogP contribution in [0.25, 0.3) is 23.2 Å². The highest BCUT2D eigenvalue weighted by Gasteiger charge is 2.06. The highest BCUT2D eigenvalue weighted by Crippen LogP contribution is 2.18. The topological polar surface area (TPSA) is 17.8 Å². The van der Waals surface area contributed by atoms with Crippen molar-refractivity contribution in [3.05, 3.63) is 78.4 Å². The first kappa shape index (κ1) is 13.3. The molecule has 0 radical (unpaired) electrons. The fraction of sp³-hybridized carbons (Fsp3) is 0.0556. The van der Waals surface area contributed by atoms with Crippen LogP contribution in [-0.2, 0) is 6.54 Å². The van der Waals surface area contributed by atoms with Gasteiger partial charge in [-0.15, -0.1) is 6.58 Å². The van der Waals surface area contributed by atoms with Crippen molar-refractivity contribution in [3.63, 3.8) is 0 Å². The summed E-state index contributed by atoms with van der Waals surface area (Å²) in [6, 6.07) is 14.4. The van der Waals surface area contributed by atoms with Crippen LogP contribution in [0.5, 0.6) is 0 Å². The van der Waals surface area contributed by atoms with Gasteiger partial charge >= 0.3 is 0 Å². The number of para-hydroxylation sites is 2. The predicted octanol–water partition coefficient (Wildman–Crippen LogP) is 4.53. The maximum Gasteiger partial charge on any atom is 0.134 e. The van der Waals surface area contributed by atoms with E-state index in [1.54, 1.807) is 12.1 Å². The molecular formula is C18H15FN2. The molecule has 0 atom stereocenters. The van der Waals surface area contributed by atoms with E-state index in [0.29, 0.717) is 6.54 Å². The van der Waals surface area contributed by atoms with E-state index >= 15 is 0 Å². The molecule has 104 valence electrons. The van der Waals surface area contributed by atoms with E-state index in [9.17, 15) is 4.39 Å². The summed E-state index contributed by atoms with van der Waals surface area (Å²) in [7, 11) is 0. The standard InChI is InChI=1S/C18H15FN2/c1-2-13-21-17-6-4-3-5-16(17)20-18(21)12-9-14-7-10-15(19)11-8-14/h2-12H,1,13H2. The summed E-state index contributed by atoms with van der Waals surface area (Å²) in [5, 5.41) is 0. The smallest absolute Gasteiger partial charge is 0.134 e. The van der Waals surface area contributed by atoms with Crippen molar-refractivity contribution >= 4 is 23.2 Å². The zero-order valence-electron chi connectivity index (χ0n) is 11.5. The van der Waals surface area contributed by atoms with Gasteiger partial charge in [0.1, 0.15) is 11.6 Å². The third-order valence-electron chi connectivity index (χ3n) is 3.29. The molecule has 0 unspecified atom stereocenters. The van der Waals surface area contributed by atoms with E-state index in [0.717, 1.165) is 22.4 Å². The molecule has 0 bridgehead atoms. The lowest BCUT2D eigenvalue weighted by Gasteiger charge is -2.02. The lowest BCUT2D eigenvalue weighted by atomic mass is 10.2. The number of nitrogens with zero attached hydrogens (tertiary/aromatic N) is 2. The van der Waals surface area contributed by atoms with Gasteiger partial charge in [-0.3, -0.25) is 0 Å². The summed E-state index contributed by atoms with van der Waals surface area (Å²) in [4.78, 5) is 4.62. The van der Waals surface area contributed by atoms with E-state index < -0.39 is 0 Å². The molecule has 21 heavy (non-hydrogen) atoms. The molecule has 1 aromatic heterocycles. The minimum absolute atomic E-state index is 0.231. The Kier molecular flexibility index (Phi) is 3.65. The summed E-state index contributed by atoms with van der Waals surface area (Å²) >= 11 is 0. The molecule has 0 aliphatic heterocycles. The van der Waals surface area contributed by atoms with Crippen molar-refractivity contribution in [2.24, 2.45) is 0 Å². The average Bonchev–Trinajstić information content (AvgIpc) is 2.85. The predicted molar refractivity (Wildman–Crippen MR) is 85.3 cm³/mol. The Balaban J connectivity index is 2.01. The Labute approximate surface area is 122 Å². The number of halogens is 1. The first-order chi connectivity index (χ1) is 10.3. The van der Waals surface area contributed by atoms with Crippen molar-refractivity contribution in [2.45, 2.75) is 6.54 Å². The van der Waals surface area contributed by atoms with Gasteiger partial charge < -0.3 is 4.57 Å². The number of allylic oxidation sites excluding steroid dienone is 1. The maximum absolute atomic E-state index is 12.9. The van der Waals surface area contributed by atoms with Crippen molar-refractivity contribution in [3.8, 4) is 0 Å².